The summed E-state index contributed by atoms with van der Waals surface area (Å²) in [5.74, 6) is 0.912. The average molecular weight is 514 g/mol. The van der Waals surface area contributed by atoms with Gasteiger partial charge in [-0.25, -0.2) is 14.0 Å². The molecule has 1 saturated heterocycles. The van der Waals surface area contributed by atoms with E-state index < -0.39 is 5.60 Å². The maximum Gasteiger partial charge on any atom is 0.410 e. The molecule has 3 rings (SSSR count). The van der Waals surface area contributed by atoms with Gasteiger partial charge in [0.25, 0.3) is 0 Å². The Morgan fingerprint density at radius 1 is 1.08 bits per heavy atom. The number of benzene rings is 2. The number of halogens is 1. The van der Waals surface area contributed by atoms with E-state index in [0.717, 1.165) is 29.7 Å². The van der Waals surface area contributed by atoms with Crippen LogP contribution in [0.25, 0.3) is 0 Å². The number of ether oxygens (including phenoxy) is 2. The lowest BCUT2D eigenvalue weighted by atomic mass is 10.1. The van der Waals surface area contributed by atoms with E-state index in [2.05, 4.69) is 19.2 Å². The molecule has 3 amide bonds. The summed E-state index contributed by atoms with van der Waals surface area (Å²) in [5, 5.41) is 2.99. The number of likely N-dealkylation sites (tertiary alicyclic amines) is 1. The van der Waals surface area contributed by atoms with Gasteiger partial charge in [0.05, 0.1) is 12.6 Å². The maximum atomic E-state index is 13.5. The fourth-order valence-corrected chi connectivity index (χ4v) is 4.13. The minimum absolute atomic E-state index is 0.154. The first-order valence-electron chi connectivity index (χ1n) is 13.0. The molecule has 1 fully saturated rings. The summed E-state index contributed by atoms with van der Waals surface area (Å²) in [6, 6.07) is 13.4. The SMILES string of the molecule is CC(C)COc1ccc(CNC(=O)N(Cc2ccc(F)cc2)CC2CCCN2C(=O)OC(C)(C)C)cc1. The second kappa shape index (κ2) is 12.8. The molecule has 8 heteroatoms. The largest absolute Gasteiger partial charge is 0.493 e. The first kappa shape index (κ1) is 28.3. The summed E-state index contributed by atoms with van der Waals surface area (Å²) in [7, 11) is 0. The molecule has 1 unspecified atom stereocenters. The molecule has 0 aliphatic carbocycles. The summed E-state index contributed by atoms with van der Waals surface area (Å²) in [4.78, 5) is 29.5. The van der Waals surface area contributed by atoms with E-state index in [9.17, 15) is 14.0 Å². The minimum Gasteiger partial charge on any atom is -0.493 e. The summed E-state index contributed by atoms with van der Waals surface area (Å²) < 4.78 is 24.8. The molecule has 1 atom stereocenters. The Kier molecular flexibility index (Phi) is 9.78. The highest BCUT2D eigenvalue weighted by molar-refractivity contribution is 5.74. The fraction of sp³-hybridized carbons (Fsp3) is 0.517. The lowest BCUT2D eigenvalue weighted by Gasteiger charge is -2.32. The molecule has 0 aromatic heterocycles. The number of amides is 3. The van der Waals surface area contributed by atoms with E-state index in [0.29, 0.717) is 38.7 Å². The number of hydrogen-bond acceptors (Lipinski definition) is 4. The van der Waals surface area contributed by atoms with Crippen molar-refractivity contribution in [1.82, 2.24) is 15.1 Å². The van der Waals surface area contributed by atoms with Crippen molar-refractivity contribution in [3.8, 4) is 5.75 Å². The summed E-state index contributed by atoms with van der Waals surface area (Å²) >= 11 is 0. The Morgan fingerprint density at radius 2 is 1.73 bits per heavy atom. The van der Waals surface area contributed by atoms with Gasteiger partial charge >= 0.3 is 12.1 Å². The molecule has 7 nitrogen and oxygen atoms in total. The molecular formula is C29H40FN3O4. The zero-order valence-corrected chi connectivity index (χ0v) is 22.6. The lowest BCUT2D eigenvalue weighted by molar-refractivity contribution is 0.0203. The maximum absolute atomic E-state index is 13.5. The monoisotopic (exact) mass is 513 g/mol. The average Bonchev–Trinajstić information content (AvgIpc) is 3.30. The Hall–Kier alpha value is -3.29. The van der Waals surface area contributed by atoms with Crippen LogP contribution in [0.4, 0.5) is 14.0 Å². The summed E-state index contributed by atoms with van der Waals surface area (Å²) in [5.41, 5.74) is 1.17. The summed E-state index contributed by atoms with van der Waals surface area (Å²) in [6.07, 6.45) is 1.27. The Labute approximate surface area is 219 Å². The number of carbonyl (C=O) groups excluding carboxylic acids is 2. The third-order valence-corrected chi connectivity index (χ3v) is 5.96. The first-order valence-corrected chi connectivity index (χ1v) is 13.0. The molecule has 1 aliphatic heterocycles. The van der Waals surface area contributed by atoms with Crippen LogP contribution < -0.4 is 10.1 Å². The van der Waals surface area contributed by atoms with E-state index in [4.69, 9.17) is 9.47 Å². The van der Waals surface area contributed by atoms with Crippen molar-refractivity contribution in [2.45, 2.75) is 72.2 Å². The first-order chi connectivity index (χ1) is 17.5. The van der Waals surface area contributed by atoms with Gasteiger partial charge in [0.1, 0.15) is 17.2 Å². The van der Waals surface area contributed by atoms with Crippen molar-refractivity contribution in [3.05, 3.63) is 65.5 Å². The van der Waals surface area contributed by atoms with Gasteiger partial charge in [-0.15, -0.1) is 0 Å². The van der Waals surface area contributed by atoms with Gasteiger partial charge in [0.15, 0.2) is 0 Å². The quantitative estimate of drug-likeness (QED) is 0.448. The van der Waals surface area contributed by atoms with E-state index in [-0.39, 0.29) is 24.0 Å². The van der Waals surface area contributed by atoms with Crippen LogP contribution in [0, 0.1) is 11.7 Å². The van der Waals surface area contributed by atoms with Crippen molar-refractivity contribution in [2.75, 3.05) is 19.7 Å². The highest BCUT2D eigenvalue weighted by Crippen LogP contribution is 2.23. The Bertz CT molecular complexity index is 1020. The molecule has 0 bridgehead atoms. The molecule has 202 valence electrons. The van der Waals surface area contributed by atoms with Gasteiger partial charge in [-0.05, 0) is 74.9 Å². The van der Waals surface area contributed by atoms with Gasteiger partial charge in [0.2, 0.25) is 0 Å². The van der Waals surface area contributed by atoms with Gasteiger partial charge in [-0.3, -0.25) is 0 Å². The number of urea groups is 1. The van der Waals surface area contributed by atoms with E-state index in [1.807, 2.05) is 45.0 Å². The fourth-order valence-electron chi connectivity index (χ4n) is 4.13. The highest BCUT2D eigenvalue weighted by atomic mass is 19.1. The van der Waals surface area contributed by atoms with Crippen molar-refractivity contribution in [1.29, 1.82) is 0 Å². The van der Waals surface area contributed by atoms with Crippen LogP contribution in [-0.4, -0.2) is 53.3 Å². The number of nitrogens with one attached hydrogen (secondary N) is 1. The van der Waals surface area contributed by atoms with Crippen molar-refractivity contribution < 1.29 is 23.5 Å². The zero-order chi connectivity index (χ0) is 27.0. The predicted octanol–water partition coefficient (Wildman–Crippen LogP) is 5.97. The molecule has 0 saturated carbocycles. The molecule has 1 heterocycles. The highest BCUT2D eigenvalue weighted by Gasteiger charge is 2.34. The smallest absolute Gasteiger partial charge is 0.410 e. The van der Waals surface area contributed by atoms with Crippen LogP contribution in [0.15, 0.2) is 48.5 Å². The van der Waals surface area contributed by atoms with E-state index in [1.54, 1.807) is 21.9 Å². The second-order valence-electron chi connectivity index (χ2n) is 11.0. The second-order valence-corrected chi connectivity index (χ2v) is 11.0. The number of hydrogen-bond donors (Lipinski definition) is 1. The van der Waals surface area contributed by atoms with Crippen molar-refractivity contribution >= 4 is 12.1 Å². The third kappa shape index (κ3) is 9.26. The van der Waals surface area contributed by atoms with Gasteiger partial charge in [-0.2, -0.15) is 0 Å². The van der Waals surface area contributed by atoms with Crippen LogP contribution in [-0.2, 0) is 17.8 Å². The molecule has 1 aliphatic rings. The topological polar surface area (TPSA) is 71.1 Å². The molecule has 2 aromatic rings. The molecule has 0 spiro atoms. The number of carbonyl (C=O) groups is 2. The van der Waals surface area contributed by atoms with Crippen LogP contribution in [0.2, 0.25) is 0 Å². The van der Waals surface area contributed by atoms with Gasteiger partial charge in [-0.1, -0.05) is 38.1 Å². The standard InChI is InChI=1S/C29H40FN3O4/c1-21(2)20-36-26-14-10-22(11-15-26)17-31-27(34)32(18-23-8-12-24(30)13-9-23)19-25-7-6-16-33(25)28(35)37-29(3,4)5/h8-15,21,25H,6-7,16-20H2,1-5H3,(H,31,34). The zero-order valence-electron chi connectivity index (χ0n) is 22.6. The minimum atomic E-state index is -0.592. The van der Waals surface area contributed by atoms with Crippen LogP contribution in [0.3, 0.4) is 0 Å². The third-order valence-electron chi connectivity index (χ3n) is 5.96. The molecule has 37 heavy (non-hydrogen) atoms. The van der Waals surface area contributed by atoms with Crippen LogP contribution in [0.5, 0.6) is 5.75 Å². The molecular weight excluding hydrogens is 473 g/mol. The normalized spacial score (nSPS) is 15.5. The molecule has 2 aromatic carbocycles. The number of rotatable bonds is 9. The Balaban J connectivity index is 1.67. The van der Waals surface area contributed by atoms with Crippen molar-refractivity contribution in [2.24, 2.45) is 5.92 Å². The predicted molar refractivity (Wildman–Crippen MR) is 142 cm³/mol. The molecule has 0 radical (unpaired) electrons. The summed E-state index contributed by atoms with van der Waals surface area (Å²) in [6.45, 7) is 12.0. The van der Waals surface area contributed by atoms with E-state index in [1.165, 1.54) is 12.1 Å². The van der Waals surface area contributed by atoms with E-state index >= 15 is 0 Å². The van der Waals surface area contributed by atoms with Crippen LogP contribution >= 0.6 is 0 Å². The van der Waals surface area contributed by atoms with Gasteiger partial charge < -0.3 is 24.6 Å². The van der Waals surface area contributed by atoms with Crippen molar-refractivity contribution in [3.63, 3.8) is 0 Å². The number of nitrogens with zero attached hydrogens (tertiary/aromatic N) is 2. The van der Waals surface area contributed by atoms with Crippen LogP contribution in [0.1, 0.15) is 58.6 Å². The van der Waals surface area contributed by atoms with Gasteiger partial charge in [0, 0.05) is 26.2 Å². The lowest BCUT2D eigenvalue weighted by Crippen LogP contribution is -2.48. The Morgan fingerprint density at radius 3 is 2.35 bits per heavy atom. The molecule has 1 N–H and O–H groups in total.